The van der Waals surface area contributed by atoms with Crippen molar-refractivity contribution in [3.8, 4) is 0 Å². The second kappa shape index (κ2) is 25.7. The minimum absolute atomic E-state index is 0.245. The van der Waals surface area contributed by atoms with Gasteiger partial charge in [0.05, 0.1) is 11.9 Å². The normalized spacial score (nSPS) is 11.9. The summed E-state index contributed by atoms with van der Waals surface area (Å²) in [5, 5.41) is 10.8. The van der Waals surface area contributed by atoms with Crippen molar-refractivity contribution in [3.63, 3.8) is 0 Å². The molecular weight excluding hydrogens is 443 g/mol. The van der Waals surface area contributed by atoms with Gasteiger partial charge < -0.3 is 9.90 Å². The van der Waals surface area contributed by atoms with Crippen LogP contribution >= 0.6 is 0 Å². The van der Waals surface area contributed by atoms with E-state index in [-0.39, 0.29) is 21.7 Å². The van der Waals surface area contributed by atoms with Gasteiger partial charge in [-0.25, -0.2) is 0 Å². The van der Waals surface area contributed by atoms with Crippen LogP contribution in [0.25, 0.3) is 0 Å². The number of unbranched alkanes of at least 4 members (excludes halogenated alkanes) is 12. The van der Waals surface area contributed by atoms with Crippen molar-refractivity contribution in [1.82, 2.24) is 0 Å². The zero-order valence-corrected chi connectivity index (χ0v) is 24.7. The number of Topliss-reactive ketones (excluding diaryl/α,β-unsaturated/α-hetero) is 1. The first-order valence-electron chi connectivity index (χ1n) is 13.9. The fourth-order valence-corrected chi connectivity index (χ4v) is 4.10. The van der Waals surface area contributed by atoms with E-state index >= 15 is 0 Å². The van der Waals surface area contributed by atoms with E-state index in [4.69, 9.17) is 7.58 Å². The predicted octanol–water partition coefficient (Wildman–Crippen LogP) is 6.82. The molecule has 0 N–H and O–H groups in total. The molecule has 0 aliphatic heterocycles. The summed E-state index contributed by atoms with van der Waals surface area (Å²) < 4.78 is 10.4. The van der Waals surface area contributed by atoms with Crippen LogP contribution in [0.1, 0.15) is 145 Å². The molecule has 0 aromatic carbocycles. The summed E-state index contributed by atoms with van der Waals surface area (Å²) in [5.41, 5.74) is 0. The van der Waals surface area contributed by atoms with Gasteiger partial charge in [-0.3, -0.25) is 4.79 Å². The third-order valence-corrected chi connectivity index (χ3v) is 7.02. The Kier molecular flexibility index (Phi) is 27.0. The summed E-state index contributed by atoms with van der Waals surface area (Å²) in [6.45, 7) is 14.0. The van der Waals surface area contributed by atoms with Crippen molar-refractivity contribution in [2.45, 2.75) is 157 Å². The van der Waals surface area contributed by atoms with Gasteiger partial charge in [-0.2, -0.15) is 0 Å². The Hall–Kier alpha value is -0.408. The molecule has 0 fully saturated rings. The molecule has 0 rings (SSSR count). The van der Waals surface area contributed by atoms with Crippen LogP contribution in [0.5, 0.6) is 0 Å². The molecular formula is C28H55AlO5. The molecule has 5 nitrogen and oxygen atoms in total. The first kappa shape index (κ1) is 35.8. The van der Waals surface area contributed by atoms with Crippen LogP contribution in [0.2, 0.25) is 0 Å². The van der Waals surface area contributed by atoms with Crippen LogP contribution < -0.4 is 5.11 Å². The van der Waals surface area contributed by atoms with Gasteiger partial charge in [-0.05, 0) is 19.3 Å². The Bertz CT molecular complexity index is 444. The number of hydrogen-bond acceptors (Lipinski definition) is 5. The van der Waals surface area contributed by atoms with Crippen LogP contribution in [0.4, 0.5) is 0 Å². The molecule has 0 saturated heterocycles. The molecule has 0 aromatic rings. The predicted molar refractivity (Wildman–Crippen MR) is 141 cm³/mol. The maximum absolute atomic E-state index is 11.2. The summed E-state index contributed by atoms with van der Waals surface area (Å²) in [5.74, 6) is -1.54. The van der Waals surface area contributed by atoms with E-state index in [0.717, 1.165) is 25.2 Å². The van der Waals surface area contributed by atoms with Gasteiger partial charge >= 0.3 is 63.4 Å². The zero-order valence-electron chi connectivity index (χ0n) is 23.5. The van der Waals surface area contributed by atoms with Crippen molar-refractivity contribution in [1.29, 1.82) is 0 Å². The molecule has 0 amide bonds. The molecule has 0 bridgehead atoms. The Morgan fingerprint density at radius 2 is 0.941 bits per heavy atom. The standard InChI is InChI=1S/C22H42O3.2C3H7O.Al/c1-19(2)17-15-13-11-9-7-5-4-6-8-10-12-14-16-18-21(20(3)23)22(24)25;2*1-3(2)4;/h19,21H,4-18H2,1-3H3,(H,24,25);2*3H,1-2H3;/q;2*-1;+3/p-1. The molecule has 1 atom stereocenters. The number of carbonyl (C=O) groups excluding carboxylic acids is 2. The van der Waals surface area contributed by atoms with Gasteiger partial charge in [0.15, 0.2) is 0 Å². The molecule has 0 radical (unpaired) electrons. The molecule has 0 aliphatic rings. The first-order valence-corrected chi connectivity index (χ1v) is 14.9. The van der Waals surface area contributed by atoms with Crippen LogP contribution in [0, 0.1) is 11.8 Å². The van der Waals surface area contributed by atoms with Crippen LogP contribution in [-0.2, 0) is 17.2 Å². The van der Waals surface area contributed by atoms with Gasteiger partial charge in [-0.15, -0.1) is 0 Å². The van der Waals surface area contributed by atoms with Gasteiger partial charge in [0.2, 0.25) is 0 Å². The fraction of sp³-hybridized carbons (Fsp3) is 0.929. The van der Waals surface area contributed by atoms with Crippen LogP contribution in [0.15, 0.2) is 0 Å². The Morgan fingerprint density at radius 1 is 0.618 bits per heavy atom. The summed E-state index contributed by atoms with van der Waals surface area (Å²) in [4.78, 5) is 22.0. The van der Waals surface area contributed by atoms with Crippen molar-refractivity contribution < 1.29 is 22.3 Å². The zero-order chi connectivity index (χ0) is 26.2. The molecule has 6 heteroatoms. The van der Waals surface area contributed by atoms with Crippen LogP contribution in [0.3, 0.4) is 0 Å². The number of carbonyl (C=O) groups is 2. The van der Waals surface area contributed by atoms with Crippen LogP contribution in [-0.4, -0.2) is 39.8 Å². The fourth-order valence-electron chi connectivity index (χ4n) is 3.59. The number of rotatable bonds is 22. The van der Waals surface area contributed by atoms with Gasteiger partial charge in [0.25, 0.3) is 0 Å². The number of ketones is 1. The molecule has 1 unspecified atom stereocenters. The molecule has 0 heterocycles. The summed E-state index contributed by atoms with van der Waals surface area (Å²) >= 11 is -0.245. The number of hydrogen-bond donors (Lipinski definition) is 0. The van der Waals surface area contributed by atoms with E-state index in [1.807, 2.05) is 27.7 Å². The van der Waals surface area contributed by atoms with Crippen molar-refractivity contribution in [2.24, 2.45) is 11.8 Å². The minimum atomic E-state index is -1.22. The third kappa shape index (κ3) is 29.6. The van der Waals surface area contributed by atoms with E-state index in [2.05, 4.69) is 13.8 Å². The summed E-state index contributed by atoms with van der Waals surface area (Å²) in [6, 6.07) is 0. The summed E-state index contributed by atoms with van der Waals surface area (Å²) in [7, 11) is 0. The molecule has 0 aliphatic carbocycles. The SMILES string of the molecule is CC(=O)C(CCCCCCCCCCCCCCCC(C)C)C(=O)[O-].CC(C)[O][Al+][O]C(C)C. The Morgan fingerprint density at radius 3 is 1.21 bits per heavy atom. The average Bonchev–Trinajstić information content (AvgIpc) is 2.72. The average molecular weight is 499 g/mol. The number of carboxylic acids is 1. The topological polar surface area (TPSA) is 75.7 Å². The van der Waals surface area contributed by atoms with Gasteiger partial charge in [0, 0.05) is 0 Å². The van der Waals surface area contributed by atoms with E-state index in [1.54, 1.807) is 0 Å². The first-order chi connectivity index (χ1) is 16.1. The third-order valence-electron chi connectivity index (χ3n) is 5.70. The van der Waals surface area contributed by atoms with Crippen molar-refractivity contribution in [3.05, 3.63) is 0 Å². The monoisotopic (exact) mass is 498 g/mol. The quantitative estimate of drug-likeness (QED) is 0.0930. The molecule has 0 aromatic heterocycles. The Balaban J connectivity index is 0. The van der Waals surface area contributed by atoms with E-state index in [9.17, 15) is 14.7 Å². The van der Waals surface area contributed by atoms with E-state index in [1.165, 1.54) is 77.6 Å². The molecule has 200 valence electrons. The number of carboxylic acid groups (broad SMARTS) is 1. The van der Waals surface area contributed by atoms with E-state index in [0.29, 0.717) is 18.6 Å². The summed E-state index contributed by atoms with van der Waals surface area (Å²) in [6.07, 6.45) is 18.9. The maximum atomic E-state index is 11.2. The van der Waals surface area contributed by atoms with Crippen molar-refractivity contribution >= 4 is 27.6 Å². The van der Waals surface area contributed by atoms with Gasteiger partial charge in [0.1, 0.15) is 5.78 Å². The van der Waals surface area contributed by atoms with Crippen molar-refractivity contribution in [2.75, 3.05) is 0 Å². The second-order valence-electron chi connectivity index (χ2n) is 10.5. The number of aliphatic carboxylic acids is 1. The molecule has 34 heavy (non-hydrogen) atoms. The molecule has 0 spiro atoms. The Labute approximate surface area is 218 Å². The second-order valence-corrected chi connectivity index (χ2v) is 11.3. The van der Waals surface area contributed by atoms with E-state index < -0.39 is 11.9 Å². The van der Waals surface area contributed by atoms with Gasteiger partial charge in [-0.1, -0.05) is 104 Å². The molecule has 0 saturated carbocycles.